The lowest BCUT2D eigenvalue weighted by Crippen LogP contribution is -2.41. The lowest BCUT2D eigenvalue weighted by molar-refractivity contribution is -0.333. The third kappa shape index (κ3) is 2.45. The number of rotatable bonds is 4. The summed E-state index contributed by atoms with van der Waals surface area (Å²) in [7, 11) is 0. The first-order valence-corrected chi connectivity index (χ1v) is 4.53. The summed E-state index contributed by atoms with van der Waals surface area (Å²) in [5, 5.41) is 8.86. The van der Waals surface area contributed by atoms with Crippen LogP contribution in [-0.4, -0.2) is 26.4 Å². The number of halogens is 5. The first kappa shape index (κ1) is 12.8. The van der Waals surface area contributed by atoms with E-state index in [9.17, 15) is 22.0 Å². The summed E-state index contributed by atoms with van der Waals surface area (Å²) in [6, 6.07) is -5.12. The van der Waals surface area contributed by atoms with Crippen LogP contribution in [0.25, 0.3) is 0 Å². The van der Waals surface area contributed by atoms with Gasteiger partial charge >= 0.3 is 12.2 Å². The van der Waals surface area contributed by atoms with Gasteiger partial charge in [-0.3, -0.25) is 0 Å². The van der Waals surface area contributed by atoms with Crippen molar-refractivity contribution in [2.45, 2.75) is 38.4 Å². The quantitative estimate of drug-likeness (QED) is 0.762. The molecule has 0 aliphatic heterocycles. The highest BCUT2D eigenvalue weighted by Gasteiger charge is 2.61. The van der Waals surface area contributed by atoms with Gasteiger partial charge in [0.2, 0.25) is 0 Å². The Hall–Kier alpha value is -1.28. The van der Waals surface area contributed by atoms with Gasteiger partial charge in [-0.1, -0.05) is 18.1 Å². The zero-order valence-electron chi connectivity index (χ0n) is 8.30. The van der Waals surface area contributed by atoms with Crippen LogP contribution in [0.4, 0.5) is 22.0 Å². The van der Waals surface area contributed by atoms with E-state index in [4.69, 9.17) is 0 Å². The molecule has 0 bridgehead atoms. The molecule has 0 saturated carbocycles. The summed E-state index contributed by atoms with van der Waals surface area (Å²) < 4.78 is 61.0. The number of aryl methyl sites for hydroxylation is 1. The molecule has 0 spiro atoms. The maximum atomic E-state index is 12.7. The summed E-state index contributed by atoms with van der Waals surface area (Å²) in [6.07, 6.45) is -4.15. The topological polar surface area (TPSA) is 43.6 Å². The molecule has 0 saturated heterocycles. The zero-order valence-corrected chi connectivity index (χ0v) is 8.30. The highest BCUT2D eigenvalue weighted by atomic mass is 19.4. The number of alkyl halides is 5. The lowest BCUT2D eigenvalue weighted by Gasteiger charge is -2.16. The van der Waals surface area contributed by atoms with Crippen molar-refractivity contribution in [1.29, 1.82) is 0 Å². The molecule has 0 atom stereocenters. The molecule has 0 radical (unpaired) electrons. The van der Waals surface area contributed by atoms with Crippen molar-refractivity contribution in [2.24, 2.45) is 0 Å². The van der Waals surface area contributed by atoms with Gasteiger partial charge in [0.1, 0.15) is 0 Å². The molecule has 1 rings (SSSR count). The fourth-order valence-electron chi connectivity index (χ4n) is 0.911. The molecule has 0 aliphatic rings. The Morgan fingerprint density at radius 3 is 2.31 bits per heavy atom. The van der Waals surface area contributed by atoms with Gasteiger partial charge in [-0.2, -0.15) is 22.0 Å². The second kappa shape index (κ2) is 4.30. The standard InChI is InChI=1S/C7H9F5N4/c1-2-3-4-5-13-15-16(14-5)7(11,12)6(8,9)10/h2-4H2,1H3. The molecule has 16 heavy (non-hydrogen) atoms. The van der Waals surface area contributed by atoms with Crippen molar-refractivity contribution in [2.75, 3.05) is 0 Å². The molecule has 0 unspecified atom stereocenters. The molecule has 1 aromatic rings. The molecule has 0 amide bonds. The van der Waals surface area contributed by atoms with Gasteiger partial charge in [-0.05, 0) is 11.6 Å². The predicted octanol–water partition coefficient (Wildman–Crippen LogP) is 2.13. The van der Waals surface area contributed by atoms with Gasteiger partial charge in [0, 0.05) is 6.42 Å². The fourth-order valence-corrected chi connectivity index (χ4v) is 0.911. The summed E-state index contributed by atoms with van der Waals surface area (Å²) in [6.45, 7) is 1.84. The Morgan fingerprint density at radius 1 is 1.19 bits per heavy atom. The Bertz CT molecular complexity index is 345. The van der Waals surface area contributed by atoms with E-state index in [0.717, 1.165) is 6.42 Å². The van der Waals surface area contributed by atoms with Crippen molar-refractivity contribution in [3.05, 3.63) is 5.82 Å². The van der Waals surface area contributed by atoms with Crippen LogP contribution in [0.2, 0.25) is 0 Å². The van der Waals surface area contributed by atoms with Gasteiger partial charge in [-0.25, -0.2) is 0 Å². The molecule has 4 nitrogen and oxygen atoms in total. The van der Waals surface area contributed by atoms with Gasteiger partial charge in [0.05, 0.1) is 0 Å². The zero-order chi connectivity index (χ0) is 12.4. The number of nitrogens with zero attached hydrogens (tertiary/aromatic N) is 4. The molecule has 0 aromatic carbocycles. The SMILES string of the molecule is CCCCc1nnn(C(F)(F)C(F)(F)F)n1. The van der Waals surface area contributed by atoms with Crippen LogP contribution in [0.3, 0.4) is 0 Å². The normalized spacial score (nSPS) is 13.1. The summed E-state index contributed by atoms with van der Waals surface area (Å²) >= 11 is 0. The van der Waals surface area contributed by atoms with Crippen LogP contribution in [0.5, 0.6) is 0 Å². The average Bonchev–Trinajstić information content (AvgIpc) is 2.61. The van der Waals surface area contributed by atoms with E-state index in [-0.39, 0.29) is 12.2 Å². The molecule has 0 fully saturated rings. The molecule has 9 heteroatoms. The van der Waals surface area contributed by atoms with E-state index < -0.39 is 17.0 Å². The second-order valence-corrected chi connectivity index (χ2v) is 3.14. The van der Waals surface area contributed by atoms with Gasteiger partial charge in [-0.15, -0.1) is 10.2 Å². The van der Waals surface area contributed by atoms with Crippen molar-refractivity contribution < 1.29 is 22.0 Å². The van der Waals surface area contributed by atoms with E-state index in [2.05, 4.69) is 15.4 Å². The Balaban J connectivity index is 2.85. The third-order valence-electron chi connectivity index (χ3n) is 1.80. The highest BCUT2D eigenvalue weighted by molar-refractivity contribution is 4.79. The van der Waals surface area contributed by atoms with Crippen molar-refractivity contribution in [3.8, 4) is 0 Å². The van der Waals surface area contributed by atoms with Gasteiger partial charge in [0.25, 0.3) is 0 Å². The molecular weight excluding hydrogens is 235 g/mol. The smallest absolute Gasteiger partial charge is 0.169 e. The summed E-state index contributed by atoms with van der Waals surface area (Å²) in [5.74, 6) is -0.120. The molecule has 1 aromatic heterocycles. The predicted molar refractivity (Wildman–Crippen MR) is 42.7 cm³/mol. The number of hydrogen-bond donors (Lipinski definition) is 0. The fraction of sp³-hybridized carbons (Fsp3) is 0.857. The molecular formula is C7H9F5N4. The monoisotopic (exact) mass is 244 g/mol. The average molecular weight is 244 g/mol. The first-order chi connectivity index (χ1) is 7.29. The van der Waals surface area contributed by atoms with Crippen LogP contribution >= 0.6 is 0 Å². The van der Waals surface area contributed by atoms with Crippen molar-refractivity contribution >= 4 is 0 Å². The second-order valence-electron chi connectivity index (χ2n) is 3.14. The Morgan fingerprint density at radius 2 is 1.81 bits per heavy atom. The van der Waals surface area contributed by atoms with Crippen molar-refractivity contribution in [1.82, 2.24) is 20.2 Å². The number of aromatic nitrogens is 4. The van der Waals surface area contributed by atoms with Crippen molar-refractivity contribution in [3.63, 3.8) is 0 Å². The van der Waals surface area contributed by atoms with E-state index in [1.54, 1.807) is 0 Å². The van der Waals surface area contributed by atoms with Crippen LogP contribution in [0.15, 0.2) is 0 Å². The Kier molecular flexibility index (Phi) is 3.44. The summed E-state index contributed by atoms with van der Waals surface area (Å²) in [5.41, 5.74) is 0. The molecule has 0 N–H and O–H groups in total. The van der Waals surface area contributed by atoms with Crippen LogP contribution < -0.4 is 0 Å². The first-order valence-electron chi connectivity index (χ1n) is 4.53. The minimum atomic E-state index is -5.73. The Labute approximate surface area is 87.4 Å². The lowest BCUT2D eigenvalue weighted by atomic mass is 10.2. The maximum Gasteiger partial charge on any atom is 0.479 e. The van der Waals surface area contributed by atoms with Crippen LogP contribution in [0.1, 0.15) is 25.6 Å². The minimum Gasteiger partial charge on any atom is -0.169 e. The minimum absolute atomic E-state index is 0.120. The molecule has 0 aliphatic carbocycles. The van der Waals surface area contributed by atoms with Gasteiger partial charge in [0.15, 0.2) is 5.82 Å². The van der Waals surface area contributed by atoms with Crippen LogP contribution in [0, 0.1) is 0 Å². The van der Waals surface area contributed by atoms with E-state index in [1.165, 1.54) is 0 Å². The van der Waals surface area contributed by atoms with E-state index in [0.29, 0.717) is 6.42 Å². The number of tetrazole rings is 1. The summed E-state index contributed by atoms with van der Waals surface area (Å²) in [4.78, 5) is -0.696. The third-order valence-corrected chi connectivity index (χ3v) is 1.80. The number of unbranched alkanes of at least 4 members (excludes halogenated alkanes) is 1. The van der Waals surface area contributed by atoms with Gasteiger partial charge < -0.3 is 0 Å². The molecule has 1 heterocycles. The van der Waals surface area contributed by atoms with E-state index in [1.807, 2.05) is 6.92 Å². The molecule has 92 valence electrons. The largest absolute Gasteiger partial charge is 0.479 e. The highest BCUT2D eigenvalue weighted by Crippen LogP contribution is 2.38. The van der Waals surface area contributed by atoms with Crippen LogP contribution in [-0.2, 0) is 12.5 Å². The number of hydrogen-bond acceptors (Lipinski definition) is 3. The van der Waals surface area contributed by atoms with E-state index >= 15 is 0 Å². The maximum absolute atomic E-state index is 12.7.